The van der Waals surface area contributed by atoms with E-state index < -0.39 is 0 Å². The van der Waals surface area contributed by atoms with Gasteiger partial charge in [0.2, 0.25) is 0 Å². The zero-order valence-corrected chi connectivity index (χ0v) is 11.9. The first-order valence-corrected chi connectivity index (χ1v) is 6.73. The molecule has 1 atom stereocenters. The quantitative estimate of drug-likeness (QED) is 0.580. The molecule has 6 heteroatoms. The van der Waals surface area contributed by atoms with E-state index in [4.69, 9.17) is 5.84 Å². The molecule has 1 amide bonds. The first-order valence-electron chi connectivity index (χ1n) is 6.73. The largest absolute Gasteiger partial charge is 0.335 e. The summed E-state index contributed by atoms with van der Waals surface area (Å²) in [7, 11) is 0. The Labute approximate surface area is 114 Å². The Bertz CT molecular complexity index is 410. The van der Waals surface area contributed by atoms with Gasteiger partial charge in [-0.1, -0.05) is 20.3 Å². The lowest BCUT2D eigenvalue weighted by Gasteiger charge is -2.28. The zero-order valence-electron chi connectivity index (χ0n) is 11.9. The summed E-state index contributed by atoms with van der Waals surface area (Å²) in [4.78, 5) is 22.4. The van der Waals surface area contributed by atoms with Crippen molar-refractivity contribution in [3.05, 3.63) is 18.1 Å². The lowest BCUT2D eigenvalue weighted by atomic mass is 10.2. The highest BCUT2D eigenvalue weighted by molar-refractivity contribution is 5.92. The number of hydrogen-bond acceptors (Lipinski definition) is 5. The van der Waals surface area contributed by atoms with E-state index >= 15 is 0 Å². The molecule has 0 spiro atoms. The monoisotopic (exact) mass is 265 g/mol. The summed E-state index contributed by atoms with van der Waals surface area (Å²) >= 11 is 0. The Morgan fingerprint density at radius 2 is 2.21 bits per heavy atom. The molecule has 19 heavy (non-hydrogen) atoms. The lowest BCUT2D eigenvalue weighted by molar-refractivity contribution is 0.0679. The summed E-state index contributed by atoms with van der Waals surface area (Å²) in [5.41, 5.74) is 2.73. The summed E-state index contributed by atoms with van der Waals surface area (Å²) in [6.07, 6.45) is 5.91. The van der Waals surface area contributed by atoms with Crippen molar-refractivity contribution in [2.24, 2.45) is 5.84 Å². The van der Waals surface area contributed by atoms with Crippen LogP contribution in [0.25, 0.3) is 0 Å². The summed E-state index contributed by atoms with van der Waals surface area (Å²) < 4.78 is 0. The summed E-state index contributed by atoms with van der Waals surface area (Å²) in [6.45, 7) is 6.97. The van der Waals surface area contributed by atoms with Crippen molar-refractivity contribution < 1.29 is 4.79 Å². The minimum Gasteiger partial charge on any atom is -0.335 e. The molecule has 0 bridgehead atoms. The molecule has 1 unspecified atom stereocenters. The van der Waals surface area contributed by atoms with Gasteiger partial charge in [-0.25, -0.2) is 10.8 Å². The van der Waals surface area contributed by atoms with Crippen LogP contribution in [0.1, 0.15) is 50.5 Å². The van der Waals surface area contributed by atoms with Crippen molar-refractivity contribution in [2.75, 3.05) is 12.0 Å². The first-order chi connectivity index (χ1) is 9.13. The number of amides is 1. The Morgan fingerprint density at radius 3 is 2.79 bits per heavy atom. The maximum Gasteiger partial charge on any atom is 0.274 e. The van der Waals surface area contributed by atoms with Gasteiger partial charge in [0.1, 0.15) is 5.69 Å². The second-order valence-corrected chi connectivity index (χ2v) is 4.54. The average molecular weight is 265 g/mol. The Hall–Kier alpha value is -1.69. The van der Waals surface area contributed by atoms with Crippen molar-refractivity contribution in [3.8, 4) is 0 Å². The first kappa shape index (κ1) is 15.4. The van der Waals surface area contributed by atoms with Crippen molar-refractivity contribution in [3.63, 3.8) is 0 Å². The molecule has 106 valence electrons. The molecular weight excluding hydrogens is 242 g/mol. The normalized spacial score (nSPS) is 12.0. The molecule has 0 radical (unpaired) electrons. The Kier molecular flexibility index (Phi) is 6.21. The van der Waals surface area contributed by atoms with Gasteiger partial charge < -0.3 is 10.3 Å². The fourth-order valence-corrected chi connectivity index (χ4v) is 1.76. The second kappa shape index (κ2) is 7.68. The second-order valence-electron chi connectivity index (χ2n) is 4.54. The van der Waals surface area contributed by atoms with E-state index in [0.717, 1.165) is 25.8 Å². The Balaban J connectivity index is 2.90. The number of hydrogen-bond donors (Lipinski definition) is 2. The van der Waals surface area contributed by atoms with Gasteiger partial charge in [0, 0.05) is 12.6 Å². The van der Waals surface area contributed by atoms with Crippen LogP contribution in [0.15, 0.2) is 12.4 Å². The van der Waals surface area contributed by atoms with E-state index in [-0.39, 0.29) is 11.9 Å². The highest BCUT2D eigenvalue weighted by Crippen LogP contribution is 2.11. The standard InChI is InChI=1S/C13H23N5O/c1-4-6-7-18(10(3)5-2)13(19)11-8-15-9-12(16-11)17-14/h8-10H,4-7,14H2,1-3H3,(H,16,17). The van der Waals surface area contributed by atoms with Crippen LogP contribution in [-0.4, -0.2) is 33.4 Å². The number of carbonyl (C=O) groups is 1. The topological polar surface area (TPSA) is 84.1 Å². The van der Waals surface area contributed by atoms with Crippen molar-refractivity contribution in [1.29, 1.82) is 0 Å². The highest BCUT2D eigenvalue weighted by atomic mass is 16.2. The van der Waals surface area contributed by atoms with Gasteiger partial charge in [0.05, 0.1) is 12.4 Å². The number of rotatable bonds is 7. The zero-order chi connectivity index (χ0) is 14.3. The molecule has 0 aliphatic carbocycles. The number of nitrogens with one attached hydrogen (secondary N) is 1. The van der Waals surface area contributed by atoms with E-state index in [1.807, 2.05) is 11.8 Å². The van der Waals surface area contributed by atoms with Crippen LogP contribution < -0.4 is 11.3 Å². The molecule has 0 aliphatic heterocycles. The van der Waals surface area contributed by atoms with E-state index in [2.05, 4.69) is 29.2 Å². The molecule has 0 aromatic carbocycles. The average Bonchev–Trinajstić information content (AvgIpc) is 2.47. The molecule has 0 saturated carbocycles. The third kappa shape index (κ3) is 4.17. The van der Waals surface area contributed by atoms with Gasteiger partial charge in [-0.2, -0.15) is 0 Å². The molecule has 1 heterocycles. The number of carbonyl (C=O) groups excluding carboxylic acids is 1. The van der Waals surface area contributed by atoms with Gasteiger partial charge in [-0.05, 0) is 19.8 Å². The minimum atomic E-state index is -0.0904. The number of nitrogen functional groups attached to an aromatic ring is 1. The number of aromatic nitrogens is 2. The molecule has 1 rings (SSSR count). The van der Waals surface area contributed by atoms with Gasteiger partial charge in [-0.3, -0.25) is 9.78 Å². The third-order valence-corrected chi connectivity index (χ3v) is 3.14. The minimum absolute atomic E-state index is 0.0904. The van der Waals surface area contributed by atoms with E-state index in [0.29, 0.717) is 11.5 Å². The summed E-state index contributed by atoms with van der Waals surface area (Å²) in [6, 6.07) is 0.190. The predicted octanol–water partition coefficient (Wildman–Crippen LogP) is 1.80. The van der Waals surface area contributed by atoms with Crippen molar-refractivity contribution in [1.82, 2.24) is 14.9 Å². The van der Waals surface area contributed by atoms with E-state index in [9.17, 15) is 4.79 Å². The van der Waals surface area contributed by atoms with Crippen LogP contribution in [-0.2, 0) is 0 Å². The predicted molar refractivity (Wildman–Crippen MR) is 75.5 cm³/mol. The van der Waals surface area contributed by atoms with Gasteiger partial charge in [-0.15, -0.1) is 0 Å². The number of hydrazine groups is 1. The Morgan fingerprint density at radius 1 is 1.47 bits per heavy atom. The number of unbranched alkanes of at least 4 members (excludes halogenated alkanes) is 1. The van der Waals surface area contributed by atoms with Crippen LogP contribution in [0.2, 0.25) is 0 Å². The molecule has 1 aromatic rings. The fraction of sp³-hybridized carbons (Fsp3) is 0.615. The van der Waals surface area contributed by atoms with Crippen LogP contribution in [0.5, 0.6) is 0 Å². The number of nitrogens with two attached hydrogens (primary N) is 1. The molecule has 3 N–H and O–H groups in total. The lowest BCUT2D eigenvalue weighted by Crippen LogP contribution is -2.39. The fourth-order valence-electron chi connectivity index (χ4n) is 1.76. The summed E-state index contributed by atoms with van der Waals surface area (Å²) in [5, 5.41) is 0. The third-order valence-electron chi connectivity index (χ3n) is 3.14. The van der Waals surface area contributed by atoms with Gasteiger partial charge >= 0.3 is 0 Å². The van der Waals surface area contributed by atoms with Crippen molar-refractivity contribution in [2.45, 2.75) is 46.1 Å². The number of nitrogens with zero attached hydrogens (tertiary/aromatic N) is 3. The smallest absolute Gasteiger partial charge is 0.274 e. The van der Waals surface area contributed by atoms with E-state index in [1.54, 1.807) is 0 Å². The van der Waals surface area contributed by atoms with Gasteiger partial charge in [0.15, 0.2) is 5.82 Å². The maximum absolute atomic E-state index is 12.5. The maximum atomic E-state index is 12.5. The summed E-state index contributed by atoms with van der Waals surface area (Å²) in [5.74, 6) is 5.59. The van der Waals surface area contributed by atoms with E-state index in [1.165, 1.54) is 12.4 Å². The van der Waals surface area contributed by atoms with Gasteiger partial charge in [0.25, 0.3) is 5.91 Å². The van der Waals surface area contributed by atoms with Crippen molar-refractivity contribution >= 4 is 11.7 Å². The molecule has 0 saturated heterocycles. The number of anilines is 1. The van der Waals surface area contributed by atoms with Crippen LogP contribution in [0, 0.1) is 0 Å². The molecular formula is C13H23N5O. The SMILES string of the molecule is CCCCN(C(=O)c1cncc(NN)n1)C(C)CC. The molecule has 1 aromatic heterocycles. The van der Waals surface area contributed by atoms with Crippen LogP contribution >= 0.6 is 0 Å². The molecule has 0 fully saturated rings. The molecule has 0 aliphatic rings. The highest BCUT2D eigenvalue weighted by Gasteiger charge is 2.21. The molecule has 6 nitrogen and oxygen atoms in total. The van der Waals surface area contributed by atoms with Crippen LogP contribution in [0.3, 0.4) is 0 Å². The van der Waals surface area contributed by atoms with Crippen LogP contribution in [0.4, 0.5) is 5.82 Å².